The maximum absolute atomic E-state index is 6.93. The summed E-state index contributed by atoms with van der Waals surface area (Å²) in [6.45, 7) is 0. The molecule has 0 aromatic heterocycles. The molecule has 1 aliphatic heterocycles. The van der Waals surface area contributed by atoms with E-state index in [1.165, 1.54) is 33.4 Å². The molecule has 62 heavy (non-hydrogen) atoms. The number of hydrogen-bond donors (Lipinski definition) is 0. The minimum absolute atomic E-state index is 0.514. The first-order valence-electron chi connectivity index (χ1n) is 21.3. The van der Waals surface area contributed by atoms with Gasteiger partial charge in [0.1, 0.15) is 11.5 Å². The van der Waals surface area contributed by atoms with Crippen molar-refractivity contribution in [1.29, 1.82) is 0 Å². The zero-order valence-electron chi connectivity index (χ0n) is 33.9. The molecule has 12 rings (SSSR count). The van der Waals surface area contributed by atoms with Gasteiger partial charge < -0.3 is 14.5 Å². The summed E-state index contributed by atoms with van der Waals surface area (Å²) in [4.78, 5) is 4.70. The molecule has 10 aromatic rings. The van der Waals surface area contributed by atoms with Crippen LogP contribution in [0.2, 0.25) is 0 Å². The Balaban J connectivity index is 1.04. The van der Waals surface area contributed by atoms with Crippen molar-refractivity contribution in [2.75, 3.05) is 9.80 Å². The number of rotatable bonds is 8. The molecule has 0 fully saturated rings. The fourth-order valence-electron chi connectivity index (χ4n) is 10.1. The van der Waals surface area contributed by atoms with Crippen LogP contribution in [0.3, 0.4) is 0 Å². The van der Waals surface area contributed by atoms with E-state index in [4.69, 9.17) is 4.74 Å². The van der Waals surface area contributed by atoms with Crippen LogP contribution < -0.4 is 14.5 Å². The van der Waals surface area contributed by atoms with E-state index in [0.717, 1.165) is 67.5 Å². The number of ether oxygens (including phenoxy) is 1. The lowest BCUT2D eigenvalue weighted by atomic mass is 9.67. The average molecular weight is 793 g/mol. The molecule has 0 saturated carbocycles. The van der Waals surface area contributed by atoms with E-state index < -0.39 is 5.41 Å². The molecular weight excluding hydrogens is 753 g/mol. The van der Waals surface area contributed by atoms with Crippen molar-refractivity contribution < 1.29 is 4.74 Å². The highest BCUT2D eigenvalue weighted by Gasteiger charge is 2.46. The summed E-state index contributed by atoms with van der Waals surface area (Å²) >= 11 is 0. The van der Waals surface area contributed by atoms with Crippen LogP contribution in [-0.4, -0.2) is 0 Å². The van der Waals surface area contributed by atoms with Crippen LogP contribution in [0.15, 0.2) is 243 Å². The van der Waals surface area contributed by atoms with Crippen molar-refractivity contribution in [3.63, 3.8) is 0 Å². The van der Waals surface area contributed by atoms with Crippen LogP contribution >= 0.6 is 0 Å². The molecule has 0 unspecified atom stereocenters. The smallest absolute Gasteiger partial charge is 0.137 e. The van der Waals surface area contributed by atoms with Gasteiger partial charge in [-0.1, -0.05) is 164 Å². The van der Waals surface area contributed by atoms with Gasteiger partial charge in [-0.25, -0.2) is 0 Å². The number of nitrogens with zero attached hydrogens (tertiary/aromatic N) is 2. The maximum Gasteiger partial charge on any atom is 0.137 e. The first kappa shape index (κ1) is 35.8. The summed E-state index contributed by atoms with van der Waals surface area (Å²) in [5.41, 5.74) is 15.8. The van der Waals surface area contributed by atoms with Crippen LogP contribution in [-0.2, 0) is 5.41 Å². The monoisotopic (exact) mass is 792 g/mol. The Kier molecular flexibility index (Phi) is 8.39. The predicted octanol–water partition coefficient (Wildman–Crippen LogP) is 15.9. The summed E-state index contributed by atoms with van der Waals surface area (Å²) in [6, 6.07) is 87.5. The van der Waals surface area contributed by atoms with Gasteiger partial charge in [0.2, 0.25) is 0 Å². The van der Waals surface area contributed by atoms with Gasteiger partial charge >= 0.3 is 0 Å². The van der Waals surface area contributed by atoms with Gasteiger partial charge in [-0.15, -0.1) is 0 Å². The van der Waals surface area contributed by atoms with Gasteiger partial charge in [0, 0.05) is 50.8 Å². The van der Waals surface area contributed by atoms with Crippen molar-refractivity contribution in [3.05, 3.63) is 265 Å². The van der Waals surface area contributed by atoms with Gasteiger partial charge in [-0.05, 0) is 112 Å². The lowest BCUT2D eigenvalue weighted by Gasteiger charge is -2.35. The van der Waals surface area contributed by atoms with Gasteiger partial charge in [-0.3, -0.25) is 0 Å². The molecule has 0 N–H and O–H groups in total. The Morgan fingerprint density at radius 2 is 0.806 bits per heavy atom. The number of benzene rings is 10. The van der Waals surface area contributed by atoms with Crippen molar-refractivity contribution in [1.82, 2.24) is 0 Å². The van der Waals surface area contributed by atoms with E-state index in [0.29, 0.717) is 0 Å². The molecule has 0 atom stereocenters. The third kappa shape index (κ3) is 5.52. The van der Waals surface area contributed by atoms with Crippen molar-refractivity contribution in [2.45, 2.75) is 5.41 Å². The molecule has 292 valence electrons. The number of hydrogen-bond acceptors (Lipinski definition) is 3. The minimum Gasteiger partial charge on any atom is -0.456 e. The standard InChI is InChI=1S/C59H40N2O/c1-6-19-41(20-7-1)59(42-21-8-2-9-22-42)53-31-17-16-29-48(53)49-35-33-46(39-54(49)59)61(45-27-14-5-15-28-45)55-38-37-51-50-36-34-47(40-57(50)62-56-32-18-30-52(55)58(51)56)60(43-23-10-3-11-24-43)44-25-12-4-13-26-44/h1-40H. The topological polar surface area (TPSA) is 15.7 Å². The molecule has 0 amide bonds. The molecule has 1 aliphatic carbocycles. The number of para-hydroxylation sites is 3. The third-order valence-corrected chi connectivity index (χ3v) is 12.7. The Morgan fingerprint density at radius 3 is 1.44 bits per heavy atom. The first-order valence-corrected chi connectivity index (χ1v) is 21.3. The second-order valence-electron chi connectivity index (χ2n) is 16.0. The maximum atomic E-state index is 6.93. The highest BCUT2D eigenvalue weighted by molar-refractivity contribution is 6.11. The lowest BCUT2D eigenvalue weighted by Crippen LogP contribution is -2.28. The van der Waals surface area contributed by atoms with E-state index >= 15 is 0 Å². The van der Waals surface area contributed by atoms with Crippen molar-refractivity contribution >= 4 is 44.9 Å². The predicted molar refractivity (Wildman–Crippen MR) is 256 cm³/mol. The summed E-state index contributed by atoms with van der Waals surface area (Å²) < 4.78 is 6.93. The molecule has 2 aliphatic rings. The molecule has 3 nitrogen and oxygen atoms in total. The second kappa shape index (κ2) is 14.5. The van der Waals surface area contributed by atoms with Crippen LogP contribution in [0.4, 0.5) is 34.1 Å². The van der Waals surface area contributed by atoms with Gasteiger partial charge in [0.15, 0.2) is 0 Å². The Hall–Kier alpha value is -8.14. The Morgan fingerprint density at radius 1 is 0.306 bits per heavy atom. The van der Waals surface area contributed by atoms with Crippen LogP contribution in [0, 0.1) is 0 Å². The molecule has 10 aromatic carbocycles. The number of anilines is 6. The molecule has 1 heterocycles. The van der Waals surface area contributed by atoms with E-state index in [2.05, 4.69) is 252 Å². The van der Waals surface area contributed by atoms with E-state index in [1.807, 2.05) is 0 Å². The largest absolute Gasteiger partial charge is 0.456 e. The molecule has 0 bridgehead atoms. The zero-order valence-corrected chi connectivity index (χ0v) is 33.9. The minimum atomic E-state index is -0.514. The number of fused-ring (bicyclic) bond motifs is 5. The van der Waals surface area contributed by atoms with E-state index in [1.54, 1.807) is 0 Å². The summed E-state index contributed by atoms with van der Waals surface area (Å²) in [5.74, 6) is 1.68. The Labute approximate surface area is 362 Å². The van der Waals surface area contributed by atoms with Crippen LogP contribution in [0.1, 0.15) is 22.3 Å². The van der Waals surface area contributed by atoms with E-state index in [9.17, 15) is 0 Å². The third-order valence-electron chi connectivity index (χ3n) is 12.7. The zero-order chi connectivity index (χ0) is 41.0. The lowest BCUT2D eigenvalue weighted by molar-refractivity contribution is 0.487. The molecule has 0 radical (unpaired) electrons. The summed E-state index contributed by atoms with van der Waals surface area (Å²) in [5, 5.41) is 2.22. The Bertz CT molecular complexity index is 3180. The van der Waals surface area contributed by atoms with Crippen LogP contribution in [0.25, 0.3) is 33.0 Å². The SMILES string of the molecule is c1ccc(N(c2ccccc2)c2ccc3c(c2)Oc2cccc4c(N(c5ccccc5)c5ccc6c(c5)C(c5ccccc5)(c5ccccc5)c5ccccc5-6)ccc-3c24)cc1. The normalized spacial score (nSPS) is 12.8. The summed E-state index contributed by atoms with van der Waals surface area (Å²) in [6.07, 6.45) is 0. The quantitative estimate of drug-likeness (QED) is 0.152. The van der Waals surface area contributed by atoms with Crippen LogP contribution in [0.5, 0.6) is 11.5 Å². The van der Waals surface area contributed by atoms with E-state index in [-0.39, 0.29) is 0 Å². The highest BCUT2D eigenvalue weighted by atomic mass is 16.5. The fourth-order valence-corrected chi connectivity index (χ4v) is 10.1. The van der Waals surface area contributed by atoms with Crippen molar-refractivity contribution in [3.8, 4) is 33.8 Å². The summed E-state index contributed by atoms with van der Waals surface area (Å²) in [7, 11) is 0. The molecule has 3 heteroatoms. The van der Waals surface area contributed by atoms with Gasteiger partial charge in [0.25, 0.3) is 0 Å². The van der Waals surface area contributed by atoms with Crippen molar-refractivity contribution in [2.24, 2.45) is 0 Å². The first-order chi connectivity index (χ1) is 30.8. The second-order valence-corrected chi connectivity index (χ2v) is 16.0. The van der Waals surface area contributed by atoms with Gasteiger partial charge in [-0.2, -0.15) is 0 Å². The molecule has 0 saturated heterocycles. The average Bonchev–Trinajstić information content (AvgIpc) is 3.64. The molecule has 0 spiro atoms. The molecular formula is C59H40N2O. The van der Waals surface area contributed by atoms with Gasteiger partial charge in [0.05, 0.1) is 11.1 Å². The highest BCUT2D eigenvalue weighted by Crippen LogP contribution is 2.58. The fraction of sp³-hybridized carbons (Fsp3) is 0.0169.